The second-order valence-electron chi connectivity index (χ2n) is 12.5. The maximum atomic E-state index is 15.2. The molecular weight excluding hydrogens is 486 g/mol. The summed E-state index contributed by atoms with van der Waals surface area (Å²) >= 11 is 0. The summed E-state index contributed by atoms with van der Waals surface area (Å²) in [5.41, 5.74) is 1.11. The van der Waals surface area contributed by atoms with E-state index >= 15 is 8.78 Å². The molecule has 2 N–H and O–H groups in total. The molecule has 1 aliphatic heterocycles. The van der Waals surface area contributed by atoms with Gasteiger partial charge in [0.1, 0.15) is 17.7 Å². The molecule has 3 atom stereocenters. The van der Waals surface area contributed by atoms with E-state index in [4.69, 9.17) is 9.47 Å². The number of anilines is 1. The molecule has 1 fully saturated rings. The van der Waals surface area contributed by atoms with Crippen LogP contribution in [0.5, 0.6) is 0 Å². The van der Waals surface area contributed by atoms with E-state index in [0.717, 1.165) is 24.1 Å². The van der Waals surface area contributed by atoms with E-state index in [1.165, 1.54) is 0 Å². The fraction of sp³-hybridized carbons (Fsp3) is 0.481. The fourth-order valence-corrected chi connectivity index (χ4v) is 5.86. The summed E-state index contributed by atoms with van der Waals surface area (Å²) in [5, 5.41) is 5.20. The molecule has 36 heavy (non-hydrogen) atoms. The number of methoxy groups -OCH3 is 1. The van der Waals surface area contributed by atoms with Gasteiger partial charge in [0.25, 0.3) is 5.91 Å². The van der Waals surface area contributed by atoms with Gasteiger partial charge in [0.2, 0.25) is 5.91 Å². The Morgan fingerprint density at radius 1 is 1.08 bits per heavy atom. The third-order valence-corrected chi connectivity index (χ3v) is 8.52. The fourth-order valence-electron chi connectivity index (χ4n) is 4.13. The van der Waals surface area contributed by atoms with Crippen LogP contribution in [0.15, 0.2) is 41.3 Å². The lowest BCUT2D eigenvalue weighted by Crippen LogP contribution is -2.42. The number of ether oxygens (including phenoxy) is 2. The summed E-state index contributed by atoms with van der Waals surface area (Å²) in [7, 11) is -1.45. The molecule has 0 saturated carbocycles. The number of nitrogens with one attached hydrogen (secondary N) is 2. The van der Waals surface area contributed by atoms with E-state index in [1.807, 2.05) is 38.2 Å². The molecule has 2 aromatic rings. The second-order valence-corrected chi connectivity index (χ2v) is 23.2. The van der Waals surface area contributed by atoms with E-state index in [2.05, 4.69) is 10.6 Å². The maximum Gasteiger partial charge on any atom is 0.251 e. The van der Waals surface area contributed by atoms with Crippen molar-refractivity contribution in [2.75, 3.05) is 43.7 Å². The number of rotatable bonds is 9. The largest absolute Gasteiger partial charge is 0.380 e. The van der Waals surface area contributed by atoms with Crippen molar-refractivity contribution in [1.82, 2.24) is 5.32 Å². The topological polar surface area (TPSA) is 76.7 Å². The van der Waals surface area contributed by atoms with Gasteiger partial charge in [-0.25, -0.2) is 8.78 Å². The van der Waals surface area contributed by atoms with Crippen molar-refractivity contribution in [1.29, 1.82) is 0 Å². The van der Waals surface area contributed by atoms with Crippen LogP contribution in [0.4, 0.5) is 14.5 Å². The lowest BCUT2D eigenvalue weighted by molar-refractivity contribution is -0.142. The minimum atomic E-state index is -3.03. The number of carbonyl (C=O) groups excluding carboxylic acids is 2. The molecule has 0 aliphatic carbocycles. The minimum absolute atomic E-state index is 0.108. The van der Waals surface area contributed by atoms with Gasteiger partial charge < -0.3 is 20.1 Å². The van der Waals surface area contributed by atoms with Crippen molar-refractivity contribution in [2.24, 2.45) is 0 Å². The highest BCUT2D eigenvalue weighted by Crippen LogP contribution is 2.81. The van der Waals surface area contributed by atoms with Crippen LogP contribution in [0.25, 0.3) is 0 Å². The number of benzene rings is 2. The van der Waals surface area contributed by atoms with Crippen LogP contribution in [0.2, 0.25) is 0 Å². The first-order valence-corrected chi connectivity index (χ1v) is 16.3. The van der Waals surface area contributed by atoms with E-state index in [1.54, 1.807) is 31.4 Å². The maximum absolute atomic E-state index is 15.2. The Kier molecular flexibility index (Phi) is 7.36. The van der Waals surface area contributed by atoms with Crippen molar-refractivity contribution >= 4 is 25.8 Å². The standard InChI is InChI=1S/C27H38F2N2O4S/c1-17-12-20(35-17)13-25(32)31-26(19-10-8-18(9-11-19)16-34-2)27(33)30-23-14-22(29)24(15-21(23)28)36(3,4,5,6)7/h8-11,14-15,17,20,26H,12-13,16H2,1-7H3,(H,30,33)(H,31,32)/t17-,20?,26+/m0/s1. The SMILES string of the molecule is COCc1ccc([C@@H](NC(=O)CC2C[C@H](C)O2)C(=O)Nc2cc(F)c(S(C)(C)(C)(C)C)cc2F)cc1. The average Bonchev–Trinajstić information content (AvgIpc) is 2.72. The Morgan fingerprint density at radius 3 is 2.22 bits per heavy atom. The van der Waals surface area contributed by atoms with Crippen molar-refractivity contribution in [3.63, 3.8) is 0 Å². The van der Waals surface area contributed by atoms with Gasteiger partial charge >= 0.3 is 0 Å². The zero-order chi connectivity index (χ0) is 27.0. The predicted molar refractivity (Wildman–Crippen MR) is 142 cm³/mol. The van der Waals surface area contributed by atoms with E-state index in [-0.39, 0.29) is 30.2 Å². The lowest BCUT2D eigenvalue weighted by atomic mass is 10.0. The Bertz CT molecular complexity index is 1140. The molecule has 1 aliphatic rings. The Hall–Kier alpha value is -2.49. The summed E-state index contributed by atoms with van der Waals surface area (Å²) in [4.78, 5) is 26.3. The molecule has 2 aromatic carbocycles. The third-order valence-electron chi connectivity index (χ3n) is 6.00. The minimum Gasteiger partial charge on any atom is -0.380 e. The molecule has 1 unspecified atom stereocenters. The molecule has 1 heterocycles. The smallest absolute Gasteiger partial charge is 0.251 e. The lowest BCUT2D eigenvalue weighted by Gasteiger charge is -2.66. The van der Waals surface area contributed by atoms with Crippen LogP contribution in [0, 0.1) is 11.6 Å². The first-order valence-electron chi connectivity index (χ1n) is 11.8. The number of halogens is 2. The summed E-state index contributed by atoms with van der Waals surface area (Å²) in [6, 6.07) is 8.03. The molecule has 200 valence electrons. The molecule has 6 nitrogen and oxygen atoms in total. The van der Waals surface area contributed by atoms with Gasteiger partial charge in [-0.1, -0.05) is 24.3 Å². The van der Waals surface area contributed by atoms with Gasteiger partial charge in [-0.2, -0.15) is 0 Å². The Labute approximate surface area is 211 Å². The molecular formula is C27H38F2N2O4S. The third kappa shape index (κ3) is 7.05. The van der Waals surface area contributed by atoms with Crippen molar-refractivity contribution in [3.05, 3.63) is 59.2 Å². The Balaban J connectivity index is 1.87. The van der Waals surface area contributed by atoms with Crippen LogP contribution in [0.3, 0.4) is 0 Å². The first kappa shape index (κ1) is 28.1. The summed E-state index contributed by atoms with van der Waals surface area (Å²) in [6.45, 7) is 2.32. The van der Waals surface area contributed by atoms with Gasteiger partial charge in [-0.05, 0) is 55.4 Å². The molecule has 3 rings (SSSR count). The van der Waals surface area contributed by atoms with Gasteiger partial charge in [0, 0.05) is 24.5 Å². The number of carbonyl (C=O) groups is 2. The predicted octanol–water partition coefficient (Wildman–Crippen LogP) is 4.86. The average molecular weight is 525 g/mol. The summed E-state index contributed by atoms with van der Waals surface area (Å²) in [5.74, 6) is -2.38. The van der Waals surface area contributed by atoms with Crippen LogP contribution >= 0.6 is 8.29 Å². The number of hydrogen-bond acceptors (Lipinski definition) is 4. The van der Waals surface area contributed by atoms with Crippen LogP contribution < -0.4 is 10.6 Å². The molecule has 0 radical (unpaired) electrons. The molecule has 0 spiro atoms. The number of amides is 2. The quantitative estimate of drug-likeness (QED) is 0.491. The summed E-state index contributed by atoms with van der Waals surface area (Å²) < 4.78 is 40.9. The molecule has 0 bridgehead atoms. The van der Waals surface area contributed by atoms with Crippen LogP contribution in [-0.4, -0.2) is 62.4 Å². The monoisotopic (exact) mass is 524 g/mol. The van der Waals surface area contributed by atoms with Crippen molar-refractivity contribution in [3.8, 4) is 0 Å². The summed E-state index contributed by atoms with van der Waals surface area (Å²) in [6.07, 6.45) is 10.4. The number of hydrogen-bond donors (Lipinski definition) is 2. The Morgan fingerprint density at radius 2 is 1.69 bits per heavy atom. The van der Waals surface area contributed by atoms with Crippen molar-refractivity contribution in [2.45, 2.75) is 49.5 Å². The van der Waals surface area contributed by atoms with E-state index < -0.39 is 31.9 Å². The first-order chi connectivity index (χ1) is 16.5. The van der Waals surface area contributed by atoms with E-state index in [0.29, 0.717) is 17.1 Å². The highest BCUT2D eigenvalue weighted by atomic mass is 32.4. The highest BCUT2D eigenvalue weighted by molar-refractivity contribution is 8.62. The van der Waals surface area contributed by atoms with Crippen molar-refractivity contribution < 1.29 is 27.8 Å². The van der Waals surface area contributed by atoms with Crippen LogP contribution in [-0.2, 0) is 25.7 Å². The normalized spacial score (nSPS) is 20.5. The van der Waals surface area contributed by atoms with Gasteiger partial charge in [-0.15, -0.1) is 0 Å². The molecule has 0 aromatic heterocycles. The zero-order valence-corrected chi connectivity index (χ0v) is 22.9. The molecule has 1 saturated heterocycles. The molecule has 9 heteroatoms. The zero-order valence-electron chi connectivity index (χ0n) is 22.1. The van der Waals surface area contributed by atoms with Crippen LogP contribution in [0.1, 0.15) is 36.9 Å². The van der Waals surface area contributed by atoms with E-state index in [9.17, 15) is 9.59 Å². The molecule has 2 amide bonds. The van der Waals surface area contributed by atoms with Gasteiger partial charge in [-0.3, -0.25) is 17.9 Å². The van der Waals surface area contributed by atoms with Gasteiger partial charge in [0.05, 0.1) is 30.9 Å². The second kappa shape index (κ2) is 9.43. The van der Waals surface area contributed by atoms with Gasteiger partial charge in [0.15, 0.2) is 0 Å². The highest BCUT2D eigenvalue weighted by Gasteiger charge is 2.42.